The molecule has 18 heavy (non-hydrogen) atoms. The molecule has 0 fully saturated rings. The van der Waals surface area contributed by atoms with E-state index in [1.54, 1.807) is 7.11 Å². The Morgan fingerprint density at radius 2 is 1.67 bits per heavy atom. The van der Waals surface area contributed by atoms with E-state index in [1.165, 1.54) is 11.1 Å². The van der Waals surface area contributed by atoms with Gasteiger partial charge in [-0.25, -0.2) is 0 Å². The summed E-state index contributed by atoms with van der Waals surface area (Å²) >= 11 is 0. The zero-order chi connectivity index (χ0) is 13.0. The van der Waals surface area contributed by atoms with Crippen LogP contribution < -0.4 is 4.74 Å². The highest BCUT2D eigenvalue weighted by Crippen LogP contribution is 2.16. The lowest BCUT2D eigenvalue weighted by Crippen LogP contribution is -1.87. The summed E-state index contributed by atoms with van der Waals surface area (Å²) in [7, 11) is 1.66. The zero-order valence-electron chi connectivity index (χ0n) is 10.9. The monoisotopic (exact) mass is 236 g/mol. The van der Waals surface area contributed by atoms with Crippen molar-refractivity contribution in [2.24, 2.45) is 0 Å². The Kier molecular flexibility index (Phi) is 3.69. The predicted molar refractivity (Wildman–Crippen MR) is 74.9 cm³/mol. The number of methoxy groups -OCH3 is 1. The Morgan fingerprint density at radius 1 is 0.889 bits per heavy atom. The van der Waals surface area contributed by atoms with Crippen molar-refractivity contribution in [3.05, 3.63) is 64.7 Å². The standard InChI is InChI=1S/C17H16O/c1-13-8-9-15(12-14(13)2)10-11-16-6-4-5-7-17(16)18-3/h4-9,12H,1-3H3. The number of para-hydroxylation sites is 1. The van der Waals surface area contributed by atoms with Crippen molar-refractivity contribution in [1.29, 1.82) is 0 Å². The third kappa shape index (κ3) is 2.73. The molecule has 0 spiro atoms. The molecule has 0 N–H and O–H groups in total. The Labute approximate surface area is 108 Å². The van der Waals surface area contributed by atoms with Crippen LogP contribution in [0.5, 0.6) is 5.75 Å². The molecule has 0 aromatic heterocycles. The van der Waals surface area contributed by atoms with Crippen LogP contribution in [-0.4, -0.2) is 7.11 Å². The molecule has 0 atom stereocenters. The molecule has 0 bridgehead atoms. The Balaban J connectivity index is 2.34. The first kappa shape index (κ1) is 12.3. The van der Waals surface area contributed by atoms with E-state index in [0.29, 0.717) is 0 Å². The highest BCUT2D eigenvalue weighted by molar-refractivity contribution is 5.50. The molecule has 2 aromatic rings. The van der Waals surface area contributed by atoms with Gasteiger partial charge in [0.1, 0.15) is 5.75 Å². The summed E-state index contributed by atoms with van der Waals surface area (Å²) in [4.78, 5) is 0. The first-order valence-corrected chi connectivity index (χ1v) is 5.93. The van der Waals surface area contributed by atoms with Gasteiger partial charge in [0.15, 0.2) is 0 Å². The van der Waals surface area contributed by atoms with E-state index in [1.807, 2.05) is 30.3 Å². The Bertz CT molecular complexity index is 615. The lowest BCUT2D eigenvalue weighted by molar-refractivity contribution is 0.413. The molecular weight excluding hydrogens is 220 g/mol. The normalized spacial score (nSPS) is 9.50. The minimum atomic E-state index is 0.814. The van der Waals surface area contributed by atoms with E-state index in [2.05, 4.69) is 37.8 Å². The van der Waals surface area contributed by atoms with Gasteiger partial charge in [-0.05, 0) is 49.2 Å². The fourth-order valence-corrected chi connectivity index (χ4v) is 1.71. The van der Waals surface area contributed by atoms with Crippen molar-refractivity contribution >= 4 is 0 Å². The lowest BCUT2D eigenvalue weighted by atomic mass is 10.1. The summed E-state index contributed by atoms with van der Waals surface area (Å²) in [5.41, 5.74) is 4.50. The molecule has 90 valence electrons. The van der Waals surface area contributed by atoms with E-state index in [4.69, 9.17) is 4.74 Å². The van der Waals surface area contributed by atoms with Crippen LogP contribution in [-0.2, 0) is 0 Å². The molecule has 0 amide bonds. The molecule has 2 aromatic carbocycles. The van der Waals surface area contributed by atoms with Gasteiger partial charge in [0, 0.05) is 5.56 Å². The maximum atomic E-state index is 5.27. The third-order valence-corrected chi connectivity index (χ3v) is 2.96. The van der Waals surface area contributed by atoms with Crippen LogP contribution in [0.25, 0.3) is 0 Å². The molecule has 0 unspecified atom stereocenters. The fraction of sp³-hybridized carbons (Fsp3) is 0.176. The largest absolute Gasteiger partial charge is 0.495 e. The quantitative estimate of drug-likeness (QED) is 0.686. The molecule has 0 aliphatic rings. The molecule has 0 aliphatic heterocycles. The summed E-state index contributed by atoms with van der Waals surface area (Å²) in [6.07, 6.45) is 0. The van der Waals surface area contributed by atoms with Gasteiger partial charge in [-0.1, -0.05) is 30.0 Å². The van der Waals surface area contributed by atoms with E-state index in [0.717, 1.165) is 16.9 Å². The number of hydrogen-bond acceptors (Lipinski definition) is 1. The summed E-state index contributed by atoms with van der Waals surface area (Å²) < 4.78 is 5.27. The van der Waals surface area contributed by atoms with Crippen molar-refractivity contribution in [3.63, 3.8) is 0 Å². The second-order valence-electron chi connectivity index (χ2n) is 4.25. The molecule has 0 aliphatic carbocycles. The van der Waals surface area contributed by atoms with Crippen molar-refractivity contribution in [3.8, 4) is 17.6 Å². The van der Waals surface area contributed by atoms with Gasteiger partial charge < -0.3 is 4.74 Å². The molecule has 2 rings (SSSR count). The zero-order valence-corrected chi connectivity index (χ0v) is 10.9. The summed E-state index contributed by atoms with van der Waals surface area (Å²) in [6, 6.07) is 14.0. The molecule has 1 heteroatoms. The van der Waals surface area contributed by atoms with Gasteiger partial charge >= 0.3 is 0 Å². The van der Waals surface area contributed by atoms with E-state index < -0.39 is 0 Å². The van der Waals surface area contributed by atoms with Crippen LogP contribution in [0.3, 0.4) is 0 Å². The average Bonchev–Trinajstić information content (AvgIpc) is 2.40. The first-order valence-electron chi connectivity index (χ1n) is 5.93. The maximum absolute atomic E-state index is 5.27. The summed E-state index contributed by atoms with van der Waals surface area (Å²) in [5.74, 6) is 7.14. The molecule has 0 heterocycles. The van der Waals surface area contributed by atoms with Crippen LogP contribution in [0.2, 0.25) is 0 Å². The van der Waals surface area contributed by atoms with Gasteiger partial charge in [0.05, 0.1) is 12.7 Å². The highest BCUT2D eigenvalue weighted by Gasteiger charge is 1.97. The molecule has 0 saturated carbocycles. The van der Waals surface area contributed by atoms with Gasteiger partial charge in [0.25, 0.3) is 0 Å². The predicted octanol–water partition coefficient (Wildman–Crippen LogP) is 3.71. The smallest absolute Gasteiger partial charge is 0.134 e. The third-order valence-electron chi connectivity index (χ3n) is 2.96. The minimum Gasteiger partial charge on any atom is -0.495 e. The number of ether oxygens (including phenoxy) is 1. The summed E-state index contributed by atoms with van der Waals surface area (Å²) in [5, 5.41) is 0. The lowest BCUT2D eigenvalue weighted by Gasteiger charge is -2.01. The number of aryl methyl sites for hydroxylation is 2. The Hall–Kier alpha value is -2.20. The van der Waals surface area contributed by atoms with Gasteiger partial charge in [-0.3, -0.25) is 0 Å². The molecule has 1 nitrogen and oxygen atoms in total. The van der Waals surface area contributed by atoms with Crippen LogP contribution in [0.15, 0.2) is 42.5 Å². The van der Waals surface area contributed by atoms with Crippen LogP contribution in [0.4, 0.5) is 0 Å². The molecule has 0 radical (unpaired) electrons. The Morgan fingerprint density at radius 3 is 2.39 bits per heavy atom. The number of hydrogen-bond donors (Lipinski definition) is 0. The van der Waals surface area contributed by atoms with Crippen molar-refractivity contribution < 1.29 is 4.74 Å². The van der Waals surface area contributed by atoms with E-state index >= 15 is 0 Å². The highest BCUT2D eigenvalue weighted by atomic mass is 16.5. The van der Waals surface area contributed by atoms with Crippen molar-refractivity contribution in [1.82, 2.24) is 0 Å². The average molecular weight is 236 g/mol. The first-order chi connectivity index (χ1) is 8.70. The SMILES string of the molecule is COc1ccccc1C#Cc1ccc(C)c(C)c1. The molecule has 0 saturated heterocycles. The summed E-state index contributed by atoms with van der Waals surface area (Å²) in [6.45, 7) is 4.20. The topological polar surface area (TPSA) is 9.23 Å². The van der Waals surface area contributed by atoms with E-state index in [-0.39, 0.29) is 0 Å². The number of benzene rings is 2. The minimum absolute atomic E-state index is 0.814. The second-order valence-corrected chi connectivity index (χ2v) is 4.25. The van der Waals surface area contributed by atoms with Crippen LogP contribution >= 0.6 is 0 Å². The maximum Gasteiger partial charge on any atom is 0.134 e. The van der Waals surface area contributed by atoms with Crippen molar-refractivity contribution in [2.75, 3.05) is 7.11 Å². The van der Waals surface area contributed by atoms with Crippen molar-refractivity contribution in [2.45, 2.75) is 13.8 Å². The van der Waals surface area contributed by atoms with Crippen LogP contribution in [0.1, 0.15) is 22.3 Å². The van der Waals surface area contributed by atoms with Gasteiger partial charge in [-0.15, -0.1) is 0 Å². The number of rotatable bonds is 1. The van der Waals surface area contributed by atoms with Gasteiger partial charge in [-0.2, -0.15) is 0 Å². The van der Waals surface area contributed by atoms with Gasteiger partial charge in [0.2, 0.25) is 0 Å². The second kappa shape index (κ2) is 5.42. The molecular formula is C17H16O. The fourth-order valence-electron chi connectivity index (χ4n) is 1.71. The van der Waals surface area contributed by atoms with E-state index in [9.17, 15) is 0 Å². The van der Waals surface area contributed by atoms with Crippen LogP contribution in [0, 0.1) is 25.7 Å².